The van der Waals surface area contributed by atoms with Crippen molar-refractivity contribution in [3.63, 3.8) is 0 Å². The van der Waals surface area contributed by atoms with Crippen molar-refractivity contribution in [1.82, 2.24) is 5.32 Å². The number of ketones is 1. The van der Waals surface area contributed by atoms with E-state index in [2.05, 4.69) is 5.32 Å². The van der Waals surface area contributed by atoms with Crippen LogP contribution in [0.25, 0.3) is 0 Å². The fourth-order valence-electron chi connectivity index (χ4n) is 2.45. The molecule has 0 spiro atoms. The first-order chi connectivity index (χ1) is 8.06. The van der Waals surface area contributed by atoms with Gasteiger partial charge in [-0.3, -0.25) is 9.59 Å². The van der Waals surface area contributed by atoms with Gasteiger partial charge in [0.1, 0.15) is 5.78 Å². The lowest BCUT2D eigenvalue weighted by atomic mass is 9.77. The Kier molecular flexibility index (Phi) is 5.62. The van der Waals surface area contributed by atoms with Gasteiger partial charge in [-0.1, -0.05) is 13.8 Å². The molecule has 3 N–H and O–H groups in total. The van der Waals surface area contributed by atoms with E-state index in [1.54, 1.807) is 0 Å². The summed E-state index contributed by atoms with van der Waals surface area (Å²) in [5, 5.41) is 2.82. The Hall–Kier alpha value is -0.900. The minimum atomic E-state index is 0.0813. The van der Waals surface area contributed by atoms with Crippen molar-refractivity contribution in [1.29, 1.82) is 0 Å². The molecule has 0 aliphatic heterocycles. The highest BCUT2D eigenvalue weighted by Crippen LogP contribution is 2.30. The summed E-state index contributed by atoms with van der Waals surface area (Å²) in [5.74, 6) is 0.825. The second-order valence-corrected chi connectivity index (χ2v) is 5.19. The van der Waals surface area contributed by atoms with Gasteiger partial charge in [0.05, 0.1) is 0 Å². The third kappa shape index (κ3) is 4.11. The topological polar surface area (TPSA) is 72.2 Å². The van der Waals surface area contributed by atoms with Crippen LogP contribution < -0.4 is 11.1 Å². The number of carbonyl (C=O) groups excluding carboxylic acids is 2. The number of hydrogen-bond donors (Lipinski definition) is 2. The summed E-state index contributed by atoms with van der Waals surface area (Å²) < 4.78 is 0. The van der Waals surface area contributed by atoms with Crippen LogP contribution in [-0.2, 0) is 9.59 Å². The number of hydrogen-bond acceptors (Lipinski definition) is 3. The maximum atomic E-state index is 11.8. The maximum Gasteiger partial charge on any atom is 0.223 e. The third-order valence-electron chi connectivity index (χ3n) is 3.51. The number of Topliss-reactive ketones (excluding diaryl/α,β-unsaturated/α-hetero) is 1. The SMILES string of the molecule is CC(C)C(=O)[C@H]1CC[C@H](C(=O)NCCN)CC1. The molecule has 0 radical (unpaired) electrons. The molecule has 1 amide bonds. The molecule has 1 rings (SSSR count). The van der Waals surface area contributed by atoms with E-state index in [1.807, 2.05) is 13.8 Å². The lowest BCUT2D eigenvalue weighted by Crippen LogP contribution is -2.37. The molecule has 1 fully saturated rings. The van der Waals surface area contributed by atoms with Gasteiger partial charge >= 0.3 is 0 Å². The lowest BCUT2D eigenvalue weighted by molar-refractivity contribution is -0.130. The molecule has 1 aliphatic rings. The Bertz CT molecular complexity index is 269. The molecule has 0 bridgehead atoms. The van der Waals surface area contributed by atoms with Crippen LogP contribution in [0.4, 0.5) is 0 Å². The van der Waals surface area contributed by atoms with E-state index < -0.39 is 0 Å². The van der Waals surface area contributed by atoms with Gasteiger partial charge in [-0.2, -0.15) is 0 Å². The summed E-state index contributed by atoms with van der Waals surface area (Å²) in [5.41, 5.74) is 5.34. The Morgan fingerprint density at radius 1 is 1.18 bits per heavy atom. The highest BCUT2D eigenvalue weighted by atomic mass is 16.2. The fraction of sp³-hybridized carbons (Fsp3) is 0.846. The Morgan fingerprint density at radius 2 is 1.71 bits per heavy atom. The molecule has 4 nitrogen and oxygen atoms in total. The zero-order chi connectivity index (χ0) is 12.8. The molecular formula is C13H24N2O2. The summed E-state index contributed by atoms with van der Waals surface area (Å²) in [6.07, 6.45) is 3.38. The van der Waals surface area contributed by atoms with Crippen LogP contribution in [-0.4, -0.2) is 24.8 Å². The zero-order valence-electron chi connectivity index (χ0n) is 10.9. The van der Waals surface area contributed by atoms with Crippen LogP contribution in [0, 0.1) is 17.8 Å². The van der Waals surface area contributed by atoms with Gasteiger partial charge in [0.15, 0.2) is 0 Å². The quantitative estimate of drug-likeness (QED) is 0.755. The number of nitrogens with two attached hydrogens (primary N) is 1. The predicted molar refractivity (Wildman–Crippen MR) is 67.4 cm³/mol. The Morgan fingerprint density at radius 3 is 2.18 bits per heavy atom. The number of nitrogens with one attached hydrogen (secondary N) is 1. The van der Waals surface area contributed by atoms with E-state index in [-0.39, 0.29) is 23.7 Å². The minimum absolute atomic E-state index is 0.0813. The first-order valence-corrected chi connectivity index (χ1v) is 6.57. The van der Waals surface area contributed by atoms with Crippen LogP contribution >= 0.6 is 0 Å². The average molecular weight is 240 g/mol. The third-order valence-corrected chi connectivity index (χ3v) is 3.51. The molecule has 17 heavy (non-hydrogen) atoms. The first kappa shape index (κ1) is 14.2. The van der Waals surface area contributed by atoms with Crippen LogP contribution in [0.5, 0.6) is 0 Å². The summed E-state index contributed by atoms with van der Waals surface area (Å²) in [4.78, 5) is 23.5. The highest BCUT2D eigenvalue weighted by molar-refractivity contribution is 5.83. The normalized spacial score (nSPS) is 24.7. The molecule has 0 unspecified atom stereocenters. The van der Waals surface area contributed by atoms with Crippen molar-refractivity contribution in [3.05, 3.63) is 0 Å². The monoisotopic (exact) mass is 240 g/mol. The van der Waals surface area contributed by atoms with E-state index in [0.29, 0.717) is 18.9 Å². The molecule has 0 aromatic carbocycles. The van der Waals surface area contributed by atoms with Gasteiger partial charge < -0.3 is 11.1 Å². The maximum absolute atomic E-state index is 11.8. The second-order valence-electron chi connectivity index (χ2n) is 5.19. The predicted octanol–water partition coefficient (Wildman–Crippen LogP) is 1.09. The Balaban J connectivity index is 2.35. The van der Waals surface area contributed by atoms with Crippen molar-refractivity contribution in [2.45, 2.75) is 39.5 Å². The molecule has 1 saturated carbocycles. The van der Waals surface area contributed by atoms with Crippen LogP contribution in [0.2, 0.25) is 0 Å². The largest absolute Gasteiger partial charge is 0.355 e. The molecule has 1 aliphatic carbocycles. The molecular weight excluding hydrogens is 216 g/mol. The van der Waals surface area contributed by atoms with Crippen molar-refractivity contribution >= 4 is 11.7 Å². The van der Waals surface area contributed by atoms with Gasteiger partial charge in [-0.25, -0.2) is 0 Å². The summed E-state index contributed by atoms with van der Waals surface area (Å²) in [7, 11) is 0. The molecule has 0 aromatic heterocycles. The van der Waals surface area contributed by atoms with Gasteiger partial charge in [0.2, 0.25) is 5.91 Å². The van der Waals surface area contributed by atoms with E-state index in [4.69, 9.17) is 5.73 Å². The molecule has 0 atom stereocenters. The molecule has 0 saturated heterocycles. The number of amides is 1. The molecule has 0 heterocycles. The van der Waals surface area contributed by atoms with E-state index >= 15 is 0 Å². The molecule has 4 heteroatoms. The van der Waals surface area contributed by atoms with E-state index in [0.717, 1.165) is 25.7 Å². The lowest BCUT2D eigenvalue weighted by Gasteiger charge is -2.27. The summed E-state index contributed by atoms with van der Waals surface area (Å²) in [6.45, 7) is 4.92. The van der Waals surface area contributed by atoms with Crippen molar-refractivity contribution in [2.24, 2.45) is 23.5 Å². The second kappa shape index (κ2) is 6.74. The van der Waals surface area contributed by atoms with E-state index in [9.17, 15) is 9.59 Å². The number of carbonyl (C=O) groups is 2. The van der Waals surface area contributed by atoms with Gasteiger partial charge in [-0.05, 0) is 25.7 Å². The highest BCUT2D eigenvalue weighted by Gasteiger charge is 2.30. The van der Waals surface area contributed by atoms with Gasteiger partial charge in [0, 0.05) is 30.8 Å². The fourth-order valence-corrected chi connectivity index (χ4v) is 2.45. The average Bonchev–Trinajstić information content (AvgIpc) is 2.35. The smallest absolute Gasteiger partial charge is 0.223 e. The van der Waals surface area contributed by atoms with E-state index in [1.165, 1.54) is 0 Å². The molecule has 98 valence electrons. The molecule has 0 aromatic rings. The van der Waals surface area contributed by atoms with Crippen molar-refractivity contribution < 1.29 is 9.59 Å². The standard InChI is InChI=1S/C13H24N2O2/c1-9(2)12(16)10-3-5-11(6-4-10)13(17)15-8-7-14/h9-11H,3-8,14H2,1-2H3,(H,15,17)/t10-,11-. The van der Waals surface area contributed by atoms with Crippen LogP contribution in [0.3, 0.4) is 0 Å². The zero-order valence-corrected chi connectivity index (χ0v) is 10.9. The minimum Gasteiger partial charge on any atom is -0.355 e. The van der Waals surface area contributed by atoms with Crippen molar-refractivity contribution in [3.8, 4) is 0 Å². The first-order valence-electron chi connectivity index (χ1n) is 6.57. The number of rotatable bonds is 5. The van der Waals surface area contributed by atoms with Gasteiger partial charge in [-0.15, -0.1) is 0 Å². The summed E-state index contributed by atoms with van der Waals surface area (Å²) >= 11 is 0. The van der Waals surface area contributed by atoms with Crippen LogP contribution in [0.15, 0.2) is 0 Å². The Labute approximate surface area is 103 Å². The van der Waals surface area contributed by atoms with Gasteiger partial charge in [0.25, 0.3) is 0 Å². The van der Waals surface area contributed by atoms with Crippen LogP contribution in [0.1, 0.15) is 39.5 Å². The van der Waals surface area contributed by atoms with Crippen molar-refractivity contribution in [2.75, 3.05) is 13.1 Å². The summed E-state index contributed by atoms with van der Waals surface area (Å²) in [6, 6.07) is 0.